The van der Waals surface area contributed by atoms with Crippen LogP contribution in [0.15, 0.2) is 54.7 Å². The molecule has 7 nitrogen and oxygen atoms in total. The standard InChI is InChI=1S/C20H17FN2O2S.C11H14F2N2O/c21-17-7-5-15(6-8-17)19-22-13-18(26-19)14-1-3-16(4-2-14)20(24)23-9-11-25-12-10-23;12-11(13)3-1-2-8(6-11)9(16)15-10(7-14)4-5-10/h1-8,13H,9-12H2;8H,1-6H2,(H,15,16). The normalized spacial score (nSPS) is 20.4. The molecule has 2 heterocycles. The van der Waals surface area contributed by atoms with E-state index in [2.05, 4.69) is 10.3 Å². The number of alkyl halides is 2. The number of hydrogen-bond donors (Lipinski definition) is 1. The van der Waals surface area contributed by atoms with Crippen molar-refractivity contribution in [2.75, 3.05) is 26.3 Å². The maximum atomic E-state index is 13.1. The summed E-state index contributed by atoms with van der Waals surface area (Å²) in [6, 6.07) is 15.9. The maximum absolute atomic E-state index is 13.1. The summed E-state index contributed by atoms with van der Waals surface area (Å²) >= 11 is 1.54. The highest BCUT2D eigenvalue weighted by molar-refractivity contribution is 7.18. The lowest BCUT2D eigenvalue weighted by molar-refractivity contribution is -0.132. The third-order valence-electron chi connectivity index (χ3n) is 7.65. The van der Waals surface area contributed by atoms with E-state index in [0.717, 1.165) is 21.0 Å². The van der Waals surface area contributed by atoms with E-state index in [9.17, 15) is 22.8 Å². The highest BCUT2D eigenvalue weighted by Gasteiger charge is 2.47. The van der Waals surface area contributed by atoms with E-state index in [4.69, 9.17) is 10.00 Å². The van der Waals surface area contributed by atoms with Gasteiger partial charge < -0.3 is 15.0 Å². The maximum Gasteiger partial charge on any atom is 0.254 e. The molecule has 1 aliphatic heterocycles. The molecule has 3 aliphatic rings. The highest BCUT2D eigenvalue weighted by atomic mass is 32.1. The Labute approximate surface area is 246 Å². The zero-order chi connectivity index (χ0) is 29.7. The van der Waals surface area contributed by atoms with Crippen LogP contribution in [0.2, 0.25) is 0 Å². The van der Waals surface area contributed by atoms with E-state index in [1.165, 1.54) is 12.1 Å². The number of ether oxygens (including phenoxy) is 1. The molecule has 2 aromatic carbocycles. The van der Waals surface area contributed by atoms with E-state index < -0.39 is 17.4 Å². The molecule has 220 valence electrons. The van der Waals surface area contributed by atoms with Gasteiger partial charge in [0.1, 0.15) is 16.4 Å². The minimum absolute atomic E-state index is 0.0381. The Kier molecular flexibility index (Phi) is 8.94. The highest BCUT2D eigenvalue weighted by Crippen LogP contribution is 2.39. The predicted molar refractivity (Wildman–Crippen MR) is 152 cm³/mol. The number of benzene rings is 2. The number of carbonyl (C=O) groups is 2. The van der Waals surface area contributed by atoms with Crippen LogP contribution in [0.5, 0.6) is 0 Å². The minimum Gasteiger partial charge on any atom is -0.378 e. The number of amides is 2. The molecule has 1 saturated heterocycles. The van der Waals surface area contributed by atoms with Gasteiger partial charge in [-0.15, -0.1) is 11.3 Å². The summed E-state index contributed by atoms with van der Waals surface area (Å²) in [6.45, 7) is 2.46. The van der Waals surface area contributed by atoms with Crippen LogP contribution in [-0.4, -0.2) is 59.5 Å². The van der Waals surface area contributed by atoms with Crippen molar-refractivity contribution in [3.05, 3.63) is 66.1 Å². The molecule has 6 rings (SSSR count). The molecule has 2 aliphatic carbocycles. The fourth-order valence-electron chi connectivity index (χ4n) is 4.98. The Hall–Kier alpha value is -3.75. The second-order valence-corrected chi connectivity index (χ2v) is 11.9. The van der Waals surface area contributed by atoms with Crippen LogP contribution in [0, 0.1) is 23.1 Å². The summed E-state index contributed by atoms with van der Waals surface area (Å²) in [7, 11) is 0. The van der Waals surface area contributed by atoms with Crippen molar-refractivity contribution in [1.29, 1.82) is 5.26 Å². The predicted octanol–water partition coefficient (Wildman–Crippen LogP) is 6.07. The first-order valence-electron chi connectivity index (χ1n) is 14.0. The van der Waals surface area contributed by atoms with E-state index in [-0.39, 0.29) is 30.5 Å². The van der Waals surface area contributed by atoms with Gasteiger partial charge in [0.2, 0.25) is 11.8 Å². The van der Waals surface area contributed by atoms with Gasteiger partial charge >= 0.3 is 0 Å². The Morgan fingerprint density at radius 2 is 1.69 bits per heavy atom. The SMILES string of the molecule is N#CC1(NC(=O)C2CCCC(F)(F)C2)CC1.O=C(c1ccc(-c2cnc(-c3ccc(F)cc3)s2)cc1)N1CCOCC1. The fourth-order valence-corrected chi connectivity index (χ4v) is 5.91. The van der Waals surface area contributed by atoms with Gasteiger partial charge in [0, 0.05) is 49.2 Å². The lowest BCUT2D eigenvalue weighted by atomic mass is 9.86. The number of nitriles is 1. The van der Waals surface area contributed by atoms with Crippen LogP contribution in [0.3, 0.4) is 0 Å². The first-order chi connectivity index (χ1) is 20.2. The van der Waals surface area contributed by atoms with Crippen LogP contribution < -0.4 is 5.32 Å². The number of carbonyl (C=O) groups excluding carboxylic acids is 2. The van der Waals surface area contributed by atoms with Gasteiger partial charge in [-0.1, -0.05) is 12.1 Å². The van der Waals surface area contributed by atoms with E-state index in [1.54, 1.807) is 23.5 Å². The van der Waals surface area contributed by atoms with Gasteiger partial charge in [-0.3, -0.25) is 9.59 Å². The van der Waals surface area contributed by atoms with Gasteiger partial charge in [-0.05, 0) is 67.6 Å². The van der Waals surface area contributed by atoms with Crippen molar-refractivity contribution < 1.29 is 27.5 Å². The van der Waals surface area contributed by atoms with Crippen LogP contribution in [0.1, 0.15) is 48.9 Å². The quantitative estimate of drug-likeness (QED) is 0.386. The van der Waals surface area contributed by atoms with Gasteiger partial charge in [0.15, 0.2) is 0 Å². The lowest BCUT2D eigenvalue weighted by Gasteiger charge is -2.28. The van der Waals surface area contributed by atoms with Crippen LogP contribution in [0.25, 0.3) is 21.0 Å². The molecule has 0 radical (unpaired) electrons. The first kappa shape index (κ1) is 29.7. The number of nitrogens with one attached hydrogen (secondary N) is 1. The molecule has 0 spiro atoms. The van der Waals surface area contributed by atoms with Crippen molar-refractivity contribution in [3.63, 3.8) is 0 Å². The number of rotatable bonds is 5. The summed E-state index contributed by atoms with van der Waals surface area (Å²) < 4.78 is 44.5. The number of thiazole rings is 1. The average Bonchev–Trinajstić information content (AvgIpc) is 3.60. The van der Waals surface area contributed by atoms with Crippen LogP contribution in [-0.2, 0) is 9.53 Å². The van der Waals surface area contributed by atoms with Crippen molar-refractivity contribution in [1.82, 2.24) is 15.2 Å². The third kappa shape index (κ3) is 7.36. The van der Waals surface area contributed by atoms with Crippen molar-refractivity contribution in [2.24, 2.45) is 5.92 Å². The second-order valence-electron chi connectivity index (χ2n) is 10.9. The number of aromatic nitrogens is 1. The molecular weight excluding hydrogens is 565 g/mol. The minimum atomic E-state index is -2.72. The monoisotopic (exact) mass is 596 g/mol. The molecule has 3 fully saturated rings. The molecular formula is C31H31F3N4O3S. The molecule has 0 bridgehead atoms. The fraction of sp³-hybridized carbons (Fsp3) is 0.419. The van der Waals surface area contributed by atoms with E-state index >= 15 is 0 Å². The van der Waals surface area contributed by atoms with Crippen molar-refractivity contribution >= 4 is 23.2 Å². The lowest BCUT2D eigenvalue weighted by Crippen LogP contribution is -2.43. The molecule has 1 atom stereocenters. The molecule has 2 amide bonds. The molecule has 42 heavy (non-hydrogen) atoms. The van der Waals surface area contributed by atoms with Gasteiger partial charge in [-0.25, -0.2) is 18.2 Å². The Balaban J connectivity index is 0.000000189. The zero-order valence-electron chi connectivity index (χ0n) is 23.0. The van der Waals surface area contributed by atoms with Crippen molar-refractivity contribution in [2.45, 2.75) is 50.0 Å². The topological polar surface area (TPSA) is 95.3 Å². The number of halogens is 3. The molecule has 2 saturated carbocycles. The summed E-state index contributed by atoms with van der Waals surface area (Å²) in [5.74, 6) is -3.95. The summed E-state index contributed by atoms with van der Waals surface area (Å²) in [4.78, 5) is 31.5. The molecule has 1 aromatic heterocycles. The smallest absolute Gasteiger partial charge is 0.254 e. The molecule has 3 aromatic rings. The number of hydrogen-bond acceptors (Lipinski definition) is 6. The van der Waals surface area contributed by atoms with Gasteiger partial charge in [0.25, 0.3) is 5.91 Å². The Morgan fingerprint density at radius 1 is 1.02 bits per heavy atom. The second kappa shape index (κ2) is 12.6. The number of nitrogens with zero attached hydrogens (tertiary/aromatic N) is 3. The first-order valence-corrected chi connectivity index (χ1v) is 14.8. The summed E-state index contributed by atoms with van der Waals surface area (Å²) in [5.41, 5.74) is 1.83. The zero-order valence-corrected chi connectivity index (χ0v) is 23.8. The van der Waals surface area contributed by atoms with E-state index in [0.29, 0.717) is 57.6 Å². The van der Waals surface area contributed by atoms with Crippen molar-refractivity contribution in [3.8, 4) is 27.1 Å². The van der Waals surface area contributed by atoms with Crippen LogP contribution >= 0.6 is 11.3 Å². The molecule has 1 unspecified atom stereocenters. The largest absolute Gasteiger partial charge is 0.378 e. The summed E-state index contributed by atoms with van der Waals surface area (Å²) in [6.07, 6.45) is 3.47. The average molecular weight is 597 g/mol. The Bertz CT molecular complexity index is 1440. The third-order valence-corrected chi connectivity index (χ3v) is 8.74. The number of morpholine rings is 1. The van der Waals surface area contributed by atoms with E-state index in [1.807, 2.05) is 41.4 Å². The summed E-state index contributed by atoms with van der Waals surface area (Å²) in [5, 5.41) is 12.2. The van der Waals surface area contributed by atoms with Gasteiger partial charge in [0.05, 0.1) is 24.2 Å². The van der Waals surface area contributed by atoms with Crippen LogP contribution in [0.4, 0.5) is 13.2 Å². The van der Waals surface area contributed by atoms with Gasteiger partial charge in [-0.2, -0.15) is 5.26 Å². The Morgan fingerprint density at radius 3 is 2.31 bits per heavy atom. The molecule has 11 heteroatoms. The molecule has 1 N–H and O–H groups in total.